The Morgan fingerprint density at radius 3 is 2.29 bits per heavy atom. The van der Waals surface area contributed by atoms with Crippen molar-refractivity contribution in [2.24, 2.45) is 4.99 Å². The summed E-state index contributed by atoms with van der Waals surface area (Å²) in [5, 5.41) is 15.1. The first kappa shape index (κ1) is 33.6. The van der Waals surface area contributed by atoms with Crippen LogP contribution in [0, 0.1) is 0 Å². The summed E-state index contributed by atoms with van der Waals surface area (Å²) in [6.07, 6.45) is 1.81. The Hall–Kier alpha value is -4.31. The molecule has 3 aromatic carbocycles. The van der Waals surface area contributed by atoms with E-state index in [9.17, 15) is 22.8 Å². The van der Waals surface area contributed by atoms with E-state index in [-0.39, 0.29) is 25.5 Å². The fourth-order valence-corrected chi connectivity index (χ4v) is 5.10. The molecule has 3 aromatic rings. The number of alkyl halides is 3. The molecule has 3 N–H and O–H groups in total. The molecule has 1 atom stereocenters. The molecule has 0 aromatic heterocycles. The standard InChI is InChI=1S/C34H36ClF3N4O3/c1-23(25-11-15-29(35)16-12-25)41-33(40-22-34(36,37)38)42(30-17-13-27(14-18-30)26-5-3-2-4-6-26)21-24-7-9-28(10-8-24)32(45)39-20-19-31(43)44/h5,7-18,23H,2-4,6,19-22H2,1H3,(H,39,45)(H,40,41)(H,43,44). The van der Waals surface area contributed by atoms with Gasteiger partial charge in [-0.3, -0.25) is 9.59 Å². The molecule has 0 heterocycles. The molecule has 1 aliphatic rings. The monoisotopic (exact) mass is 640 g/mol. The maximum atomic E-state index is 13.5. The van der Waals surface area contributed by atoms with E-state index in [1.807, 2.05) is 31.2 Å². The molecule has 0 saturated heterocycles. The Morgan fingerprint density at radius 1 is 1.00 bits per heavy atom. The van der Waals surface area contributed by atoms with Crippen molar-refractivity contribution in [2.45, 2.75) is 57.8 Å². The van der Waals surface area contributed by atoms with Crippen molar-refractivity contribution in [3.05, 3.63) is 106 Å². The Bertz CT molecular complexity index is 1510. The van der Waals surface area contributed by atoms with Crippen LogP contribution in [0.2, 0.25) is 5.02 Å². The van der Waals surface area contributed by atoms with Gasteiger partial charge in [0.2, 0.25) is 0 Å². The van der Waals surface area contributed by atoms with Gasteiger partial charge in [-0.2, -0.15) is 13.2 Å². The quantitative estimate of drug-likeness (QED) is 0.147. The van der Waals surface area contributed by atoms with Gasteiger partial charge in [0.05, 0.1) is 19.0 Å². The van der Waals surface area contributed by atoms with Gasteiger partial charge in [-0.1, -0.05) is 54.1 Å². The van der Waals surface area contributed by atoms with Gasteiger partial charge in [0.1, 0.15) is 6.54 Å². The summed E-state index contributed by atoms with van der Waals surface area (Å²) < 4.78 is 40.4. The summed E-state index contributed by atoms with van der Waals surface area (Å²) >= 11 is 6.05. The number of guanidine groups is 1. The van der Waals surface area contributed by atoms with Crippen molar-refractivity contribution >= 4 is 40.7 Å². The van der Waals surface area contributed by atoms with Gasteiger partial charge in [-0.25, -0.2) is 4.99 Å². The predicted octanol–water partition coefficient (Wildman–Crippen LogP) is 7.78. The summed E-state index contributed by atoms with van der Waals surface area (Å²) in [5.41, 5.74) is 4.85. The molecule has 0 fully saturated rings. The minimum atomic E-state index is -4.52. The van der Waals surface area contributed by atoms with Gasteiger partial charge in [-0.15, -0.1) is 0 Å². The normalized spacial score (nSPS) is 14.3. The Morgan fingerprint density at radius 2 is 1.69 bits per heavy atom. The van der Waals surface area contributed by atoms with Crippen LogP contribution in [0.25, 0.3) is 5.57 Å². The average Bonchev–Trinajstić information content (AvgIpc) is 3.02. The highest BCUT2D eigenvalue weighted by atomic mass is 35.5. The van der Waals surface area contributed by atoms with E-state index in [2.05, 4.69) is 21.7 Å². The zero-order valence-corrected chi connectivity index (χ0v) is 25.7. The third-order valence-electron chi connectivity index (χ3n) is 7.40. The van der Waals surface area contributed by atoms with E-state index in [1.54, 1.807) is 53.4 Å². The molecular formula is C34H36ClF3N4O3. The molecule has 0 saturated carbocycles. The fourth-order valence-electron chi connectivity index (χ4n) is 4.98. The minimum absolute atomic E-state index is 0.00685. The summed E-state index contributed by atoms with van der Waals surface area (Å²) in [4.78, 5) is 28.9. The van der Waals surface area contributed by atoms with Crippen LogP contribution in [0.5, 0.6) is 0 Å². The Labute approximate surface area is 265 Å². The van der Waals surface area contributed by atoms with Gasteiger partial charge >= 0.3 is 12.1 Å². The molecule has 1 unspecified atom stereocenters. The second kappa shape index (κ2) is 15.6. The number of anilines is 1. The number of aliphatic carboxylic acids is 1. The van der Waals surface area contributed by atoms with Crippen LogP contribution in [0.1, 0.15) is 72.1 Å². The van der Waals surface area contributed by atoms with Gasteiger partial charge in [0.15, 0.2) is 5.96 Å². The first-order chi connectivity index (χ1) is 21.5. The van der Waals surface area contributed by atoms with Gasteiger partial charge in [0.25, 0.3) is 5.91 Å². The van der Waals surface area contributed by atoms with Crippen molar-refractivity contribution in [3.63, 3.8) is 0 Å². The SMILES string of the molecule is CC(N/C(=N/CC(F)(F)F)N(Cc1ccc(C(=O)NCCC(=O)O)cc1)c1ccc(C2=CCCCC2)cc1)c1ccc(Cl)cc1. The van der Waals surface area contributed by atoms with Crippen molar-refractivity contribution in [1.82, 2.24) is 10.6 Å². The lowest BCUT2D eigenvalue weighted by Gasteiger charge is -2.30. The first-order valence-electron chi connectivity index (χ1n) is 14.8. The largest absolute Gasteiger partial charge is 0.481 e. The highest BCUT2D eigenvalue weighted by Crippen LogP contribution is 2.29. The van der Waals surface area contributed by atoms with E-state index >= 15 is 0 Å². The van der Waals surface area contributed by atoms with Crippen LogP contribution >= 0.6 is 11.6 Å². The number of allylic oxidation sites excluding steroid dienone is 2. The lowest BCUT2D eigenvalue weighted by atomic mass is 9.93. The maximum Gasteiger partial charge on any atom is 0.408 e. The van der Waals surface area contributed by atoms with E-state index < -0.39 is 30.6 Å². The lowest BCUT2D eigenvalue weighted by Crippen LogP contribution is -2.43. The molecule has 0 bridgehead atoms. The fraction of sp³-hybridized carbons (Fsp3) is 0.324. The third-order valence-corrected chi connectivity index (χ3v) is 7.65. The summed E-state index contributed by atoms with van der Waals surface area (Å²) in [6, 6.07) is 21.0. The number of hydrogen-bond acceptors (Lipinski definition) is 3. The third kappa shape index (κ3) is 10.4. The zero-order valence-electron chi connectivity index (χ0n) is 24.9. The molecular weight excluding hydrogens is 605 g/mol. The van der Waals surface area contributed by atoms with Crippen molar-refractivity contribution in [3.8, 4) is 0 Å². The number of amides is 1. The zero-order chi connectivity index (χ0) is 32.4. The second-order valence-electron chi connectivity index (χ2n) is 10.9. The number of nitrogens with one attached hydrogen (secondary N) is 2. The molecule has 1 amide bonds. The van der Waals surface area contributed by atoms with Crippen molar-refractivity contribution < 1.29 is 27.9 Å². The number of halogens is 4. The molecule has 238 valence electrons. The number of carbonyl (C=O) groups is 2. The van der Waals surface area contributed by atoms with Crippen LogP contribution < -0.4 is 15.5 Å². The topological polar surface area (TPSA) is 94.0 Å². The van der Waals surface area contributed by atoms with Crippen LogP contribution in [0.4, 0.5) is 18.9 Å². The summed E-state index contributed by atoms with van der Waals surface area (Å²) in [5.74, 6) is -1.40. The average molecular weight is 641 g/mol. The number of carbonyl (C=O) groups excluding carboxylic acids is 1. The van der Waals surface area contributed by atoms with Crippen molar-refractivity contribution in [1.29, 1.82) is 0 Å². The maximum absolute atomic E-state index is 13.5. The van der Waals surface area contributed by atoms with Crippen LogP contribution in [0.15, 0.2) is 83.9 Å². The van der Waals surface area contributed by atoms with Crippen LogP contribution in [0.3, 0.4) is 0 Å². The molecule has 0 aliphatic heterocycles. The van der Waals surface area contributed by atoms with E-state index in [4.69, 9.17) is 16.7 Å². The predicted molar refractivity (Wildman–Crippen MR) is 171 cm³/mol. The highest BCUT2D eigenvalue weighted by molar-refractivity contribution is 6.30. The van der Waals surface area contributed by atoms with Gasteiger partial charge < -0.3 is 20.6 Å². The van der Waals surface area contributed by atoms with E-state index in [1.165, 1.54) is 5.57 Å². The number of carboxylic acids is 1. The Kier molecular flexibility index (Phi) is 11.6. The lowest BCUT2D eigenvalue weighted by molar-refractivity contribution is -0.136. The second-order valence-corrected chi connectivity index (χ2v) is 11.3. The highest BCUT2D eigenvalue weighted by Gasteiger charge is 2.28. The minimum Gasteiger partial charge on any atom is -0.481 e. The molecule has 7 nitrogen and oxygen atoms in total. The van der Waals surface area contributed by atoms with E-state index in [0.29, 0.717) is 16.3 Å². The molecule has 0 spiro atoms. The van der Waals surface area contributed by atoms with Crippen LogP contribution in [-0.2, 0) is 11.3 Å². The molecule has 4 rings (SSSR count). The molecule has 0 radical (unpaired) electrons. The number of carboxylic acid groups (broad SMARTS) is 1. The molecule has 11 heteroatoms. The molecule has 45 heavy (non-hydrogen) atoms. The number of hydrogen-bond donors (Lipinski definition) is 3. The van der Waals surface area contributed by atoms with Gasteiger partial charge in [0, 0.05) is 22.8 Å². The molecule has 1 aliphatic carbocycles. The van der Waals surface area contributed by atoms with Crippen molar-refractivity contribution in [2.75, 3.05) is 18.0 Å². The summed E-state index contributed by atoms with van der Waals surface area (Å²) in [7, 11) is 0. The number of benzene rings is 3. The number of rotatable bonds is 11. The summed E-state index contributed by atoms with van der Waals surface area (Å²) in [6.45, 7) is 0.605. The Balaban J connectivity index is 1.66. The van der Waals surface area contributed by atoms with Gasteiger partial charge in [-0.05, 0) is 91.3 Å². The number of aliphatic imine (C=N–C) groups is 1. The number of nitrogens with zero attached hydrogens (tertiary/aromatic N) is 2. The van der Waals surface area contributed by atoms with Crippen LogP contribution in [-0.4, -0.2) is 42.2 Å². The smallest absolute Gasteiger partial charge is 0.408 e. The van der Waals surface area contributed by atoms with E-state index in [0.717, 1.165) is 42.4 Å². The first-order valence-corrected chi connectivity index (χ1v) is 15.2.